The Kier molecular flexibility index (Phi) is 7.50. The summed E-state index contributed by atoms with van der Waals surface area (Å²) in [6.07, 6.45) is 2.56. The second-order valence-electron chi connectivity index (χ2n) is 9.74. The van der Waals surface area contributed by atoms with Gasteiger partial charge in [0.2, 0.25) is 15.9 Å². The number of piperidine rings is 1. The van der Waals surface area contributed by atoms with Crippen LogP contribution in [0.2, 0.25) is 0 Å². The number of ether oxygens (including phenoxy) is 1. The summed E-state index contributed by atoms with van der Waals surface area (Å²) < 4.78 is 33.0. The molecule has 2 atom stereocenters. The van der Waals surface area contributed by atoms with Crippen molar-refractivity contribution in [1.29, 1.82) is 0 Å². The molecule has 2 heterocycles. The summed E-state index contributed by atoms with van der Waals surface area (Å²) in [7, 11) is -2.01. The lowest BCUT2D eigenvalue weighted by Crippen LogP contribution is -2.51. The second-order valence-corrected chi connectivity index (χ2v) is 11.6. The van der Waals surface area contributed by atoms with E-state index in [1.807, 2.05) is 20.8 Å². The zero-order chi connectivity index (χ0) is 23.5. The van der Waals surface area contributed by atoms with E-state index in [2.05, 4.69) is 0 Å². The molecule has 2 aliphatic heterocycles. The molecule has 1 aromatic carbocycles. The Balaban J connectivity index is 1.65. The van der Waals surface area contributed by atoms with Crippen LogP contribution in [0.5, 0.6) is 0 Å². The van der Waals surface area contributed by atoms with Gasteiger partial charge in [0.05, 0.1) is 4.90 Å². The van der Waals surface area contributed by atoms with E-state index in [1.165, 1.54) is 4.31 Å². The molecule has 9 heteroatoms. The van der Waals surface area contributed by atoms with Crippen LogP contribution in [0.15, 0.2) is 35.2 Å². The van der Waals surface area contributed by atoms with Gasteiger partial charge in [-0.05, 0) is 64.5 Å². The summed E-state index contributed by atoms with van der Waals surface area (Å²) in [5, 5.41) is 0. The first-order valence-electron chi connectivity index (χ1n) is 11.3. The number of rotatable bonds is 5. The topological polar surface area (TPSA) is 87.2 Å². The van der Waals surface area contributed by atoms with Gasteiger partial charge in [-0.2, -0.15) is 4.31 Å². The van der Waals surface area contributed by atoms with Gasteiger partial charge < -0.3 is 14.5 Å². The Morgan fingerprint density at radius 3 is 2.41 bits per heavy atom. The van der Waals surface area contributed by atoms with Crippen LogP contribution in [-0.4, -0.2) is 79.4 Å². The van der Waals surface area contributed by atoms with Crippen molar-refractivity contribution in [2.75, 3.05) is 33.2 Å². The van der Waals surface area contributed by atoms with Gasteiger partial charge >= 0.3 is 6.09 Å². The van der Waals surface area contributed by atoms with Crippen molar-refractivity contribution in [2.24, 2.45) is 5.92 Å². The van der Waals surface area contributed by atoms with Crippen molar-refractivity contribution in [3.8, 4) is 0 Å². The summed E-state index contributed by atoms with van der Waals surface area (Å²) in [4.78, 5) is 29.2. The highest BCUT2D eigenvalue weighted by atomic mass is 32.2. The van der Waals surface area contributed by atoms with Crippen molar-refractivity contribution < 1.29 is 22.7 Å². The molecule has 2 saturated heterocycles. The SMILES string of the molecule is CN(CC1CCCN(C(=O)C2CCCN2S(=O)(=O)c2ccccc2)C1)C(=O)OC(C)(C)C. The molecule has 3 rings (SSSR count). The number of likely N-dealkylation sites (tertiary alicyclic amines) is 1. The van der Waals surface area contributed by atoms with Crippen molar-refractivity contribution in [3.05, 3.63) is 30.3 Å². The molecule has 0 aromatic heterocycles. The molecule has 178 valence electrons. The largest absolute Gasteiger partial charge is 0.444 e. The van der Waals surface area contributed by atoms with E-state index in [1.54, 1.807) is 47.2 Å². The minimum Gasteiger partial charge on any atom is -0.444 e. The number of sulfonamides is 1. The first kappa shape index (κ1) is 24.5. The highest BCUT2D eigenvalue weighted by Gasteiger charge is 2.42. The molecule has 0 saturated carbocycles. The molecule has 0 radical (unpaired) electrons. The van der Waals surface area contributed by atoms with E-state index in [0.717, 1.165) is 12.8 Å². The second kappa shape index (κ2) is 9.79. The van der Waals surface area contributed by atoms with Crippen LogP contribution in [-0.2, 0) is 19.6 Å². The Morgan fingerprint density at radius 2 is 1.75 bits per heavy atom. The number of benzene rings is 1. The fraction of sp³-hybridized carbons (Fsp3) is 0.652. The number of carbonyl (C=O) groups is 2. The lowest BCUT2D eigenvalue weighted by Gasteiger charge is -2.37. The molecule has 2 amide bonds. The predicted molar refractivity (Wildman–Crippen MR) is 122 cm³/mol. The van der Waals surface area contributed by atoms with E-state index in [4.69, 9.17) is 4.74 Å². The van der Waals surface area contributed by atoms with Gasteiger partial charge in [-0.3, -0.25) is 4.79 Å². The third-order valence-corrected chi connectivity index (χ3v) is 7.83. The van der Waals surface area contributed by atoms with Gasteiger partial charge in [0.15, 0.2) is 0 Å². The first-order chi connectivity index (χ1) is 15.0. The lowest BCUT2D eigenvalue weighted by atomic mass is 9.97. The Labute approximate surface area is 191 Å². The van der Waals surface area contributed by atoms with E-state index < -0.39 is 21.7 Å². The number of hydrogen-bond donors (Lipinski definition) is 0. The molecule has 2 aliphatic rings. The van der Waals surface area contributed by atoms with Gasteiger partial charge in [-0.1, -0.05) is 18.2 Å². The number of hydrogen-bond acceptors (Lipinski definition) is 5. The average Bonchev–Trinajstić information content (AvgIpc) is 3.23. The van der Waals surface area contributed by atoms with Crippen molar-refractivity contribution >= 4 is 22.0 Å². The highest BCUT2D eigenvalue weighted by Crippen LogP contribution is 2.29. The first-order valence-corrected chi connectivity index (χ1v) is 12.7. The molecule has 32 heavy (non-hydrogen) atoms. The molecule has 0 aliphatic carbocycles. The summed E-state index contributed by atoms with van der Waals surface area (Å²) in [5.74, 6) is -0.00238. The maximum atomic E-state index is 13.4. The zero-order valence-electron chi connectivity index (χ0n) is 19.5. The van der Waals surface area contributed by atoms with Crippen LogP contribution >= 0.6 is 0 Å². The fourth-order valence-corrected chi connectivity index (χ4v) is 6.10. The van der Waals surface area contributed by atoms with Crippen LogP contribution in [0.3, 0.4) is 0 Å². The maximum Gasteiger partial charge on any atom is 0.410 e. The fourth-order valence-electron chi connectivity index (χ4n) is 4.43. The Morgan fingerprint density at radius 1 is 1.09 bits per heavy atom. The zero-order valence-corrected chi connectivity index (χ0v) is 20.3. The van der Waals surface area contributed by atoms with Crippen LogP contribution in [0.1, 0.15) is 46.5 Å². The number of nitrogens with zero attached hydrogens (tertiary/aromatic N) is 3. The third-order valence-electron chi connectivity index (χ3n) is 5.91. The van der Waals surface area contributed by atoms with Crippen LogP contribution in [0.4, 0.5) is 4.79 Å². The number of amides is 2. The van der Waals surface area contributed by atoms with Crippen LogP contribution < -0.4 is 0 Å². The molecule has 2 fully saturated rings. The van der Waals surface area contributed by atoms with Gasteiger partial charge in [0.1, 0.15) is 11.6 Å². The van der Waals surface area contributed by atoms with Gasteiger partial charge in [-0.15, -0.1) is 0 Å². The molecule has 8 nitrogen and oxygen atoms in total. The van der Waals surface area contributed by atoms with Gasteiger partial charge in [0, 0.05) is 33.2 Å². The summed E-state index contributed by atoms with van der Waals surface area (Å²) in [6, 6.07) is 7.62. The molecule has 2 unspecified atom stereocenters. The average molecular weight is 466 g/mol. The van der Waals surface area contributed by atoms with E-state index in [-0.39, 0.29) is 22.8 Å². The van der Waals surface area contributed by atoms with Crippen molar-refractivity contribution in [2.45, 2.75) is 63.0 Å². The van der Waals surface area contributed by atoms with E-state index in [9.17, 15) is 18.0 Å². The molecule has 0 spiro atoms. The molecular weight excluding hydrogens is 430 g/mol. The molecule has 1 aromatic rings. The standard InChI is InChI=1S/C23H35N3O5S/c1-23(2,3)31-22(28)24(4)16-18-10-8-14-25(17-18)21(27)20-13-9-15-26(20)32(29,30)19-11-6-5-7-12-19/h5-7,11-12,18,20H,8-10,13-17H2,1-4H3. The molecular formula is C23H35N3O5S. The van der Waals surface area contributed by atoms with Gasteiger partial charge in [0.25, 0.3) is 0 Å². The smallest absolute Gasteiger partial charge is 0.410 e. The van der Waals surface area contributed by atoms with E-state index in [0.29, 0.717) is 39.0 Å². The van der Waals surface area contributed by atoms with Crippen LogP contribution in [0.25, 0.3) is 0 Å². The predicted octanol–water partition coefficient (Wildman–Crippen LogP) is 2.95. The summed E-state index contributed by atoms with van der Waals surface area (Å²) in [5.41, 5.74) is -0.559. The van der Waals surface area contributed by atoms with Gasteiger partial charge in [-0.25, -0.2) is 13.2 Å². The van der Waals surface area contributed by atoms with Crippen molar-refractivity contribution in [3.63, 3.8) is 0 Å². The van der Waals surface area contributed by atoms with E-state index >= 15 is 0 Å². The minimum atomic E-state index is -3.72. The molecule has 0 bridgehead atoms. The normalized spacial score (nSPS) is 22.6. The maximum absolute atomic E-state index is 13.4. The number of carbonyl (C=O) groups excluding carboxylic acids is 2. The van der Waals surface area contributed by atoms with Crippen molar-refractivity contribution in [1.82, 2.24) is 14.1 Å². The minimum absolute atomic E-state index is 0.130. The Hall–Kier alpha value is -2.13. The quantitative estimate of drug-likeness (QED) is 0.667. The lowest BCUT2D eigenvalue weighted by molar-refractivity contribution is -0.136. The third kappa shape index (κ3) is 5.81. The summed E-state index contributed by atoms with van der Waals surface area (Å²) >= 11 is 0. The summed E-state index contributed by atoms with van der Waals surface area (Å²) in [6.45, 7) is 7.47. The molecule has 0 N–H and O–H groups in total. The monoisotopic (exact) mass is 465 g/mol. The van der Waals surface area contributed by atoms with Crippen LogP contribution in [0, 0.1) is 5.92 Å². The Bertz CT molecular complexity index is 913. The highest BCUT2D eigenvalue weighted by molar-refractivity contribution is 7.89.